The third-order valence-electron chi connectivity index (χ3n) is 6.37. The Morgan fingerprint density at radius 3 is 2.10 bits per heavy atom. The van der Waals surface area contributed by atoms with Gasteiger partial charge in [0.1, 0.15) is 11.5 Å². The fourth-order valence-electron chi connectivity index (χ4n) is 4.90. The van der Waals surface area contributed by atoms with Crippen LogP contribution in [-0.4, -0.2) is 11.3 Å². The number of ether oxygens (including phenoxy) is 1. The summed E-state index contributed by atoms with van der Waals surface area (Å²) in [6.45, 7) is 8.55. The molecule has 2 unspecified atom stereocenters. The predicted octanol–water partition coefficient (Wildman–Crippen LogP) is 8.67. The van der Waals surface area contributed by atoms with Crippen molar-refractivity contribution >= 4 is 23.2 Å². The highest BCUT2D eigenvalue weighted by Crippen LogP contribution is 2.48. The van der Waals surface area contributed by atoms with Crippen molar-refractivity contribution in [1.82, 2.24) is 5.16 Å². The summed E-state index contributed by atoms with van der Waals surface area (Å²) in [5.74, 6) is 2.90. The van der Waals surface area contributed by atoms with Crippen LogP contribution in [0.5, 0.6) is 0 Å². The summed E-state index contributed by atoms with van der Waals surface area (Å²) in [5.41, 5.74) is 2.56. The highest BCUT2D eigenvalue weighted by molar-refractivity contribution is 6.39. The molecule has 30 heavy (non-hydrogen) atoms. The Kier molecular flexibility index (Phi) is 8.68. The summed E-state index contributed by atoms with van der Waals surface area (Å²) < 4.78 is 12.2. The normalized spacial score (nSPS) is 24.5. The van der Waals surface area contributed by atoms with E-state index in [2.05, 4.69) is 5.16 Å². The van der Waals surface area contributed by atoms with Gasteiger partial charge in [0.25, 0.3) is 0 Å². The summed E-state index contributed by atoms with van der Waals surface area (Å²) in [5, 5.41) is 5.57. The monoisotopic (exact) mass is 451 g/mol. The Labute approximate surface area is 191 Å². The first-order valence-corrected chi connectivity index (χ1v) is 12.5. The van der Waals surface area contributed by atoms with Crippen molar-refractivity contribution in [3.63, 3.8) is 0 Å². The van der Waals surface area contributed by atoms with E-state index in [1.54, 1.807) is 0 Å². The molecule has 1 aromatic carbocycles. The second-order valence-electron chi connectivity index (χ2n) is 8.05. The van der Waals surface area contributed by atoms with Crippen molar-refractivity contribution in [2.75, 3.05) is 0 Å². The summed E-state index contributed by atoms with van der Waals surface area (Å²) in [6, 6.07) is 5.55. The van der Waals surface area contributed by atoms with Gasteiger partial charge in [-0.3, -0.25) is 0 Å². The molecule has 0 saturated heterocycles. The molecule has 3 aliphatic carbocycles. The topological polar surface area (TPSA) is 35.3 Å². The number of fused-ring (bicyclic) bond motifs is 2. The molecule has 5 rings (SSSR count). The van der Waals surface area contributed by atoms with Crippen LogP contribution in [0.1, 0.15) is 89.9 Å². The van der Waals surface area contributed by atoms with E-state index in [1.807, 2.05) is 45.9 Å². The highest BCUT2D eigenvalue weighted by atomic mass is 35.5. The maximum atomic E-state index is 6.49. The minimum absolute atomic E-state index is 0.389. The lowest BCUT2D eigenvalue weighted by Crippen LogP contribution is -2.28. The molecule has 5 heteroatoms. The third-order valence-corrected chi connectivity index (χ3v) is 7.00. The second kappa shape index (κ2) is 11.0. The van der Waals surface area contributed by atoms with Gasteiger partial charge in [-0.15, -0.1) is 0 Å². The molecule has 0 N–H and O–H groups in total. The molecule has 1 aromatic heterocycles. The van der Waals surface area contributed by atoms with Crippen LogP contribution in [-0.2, 0) is 11.3 Å². The van der Waals surface area contributed by atoms with Crippen molar-refractivity contribution < 1.29 is 9.26 Å². The number of halogens is 2. The van der Waals surface area contributed by atoms with Crippen molar-refractivity contribution in [3.8, 4) is 11.3 Å². The number of hydrogen-bond donors (Lipinski definition) is 0. The van der Waals surface area contributed by atoms with E-state index >= 15 is 0 Å². The van der Waals surface area contributed by atoms with E-state index < -0.39 is 0 Å². The summed E-state index contributed by atoms with van der Waals surface area (Å²) >= 11 is 12.9. The molecule has 3 aliphatic rings. The van der Waals surface area contributed by atoms with Crippen LogP contribution in [0.3, 0.4) is 0 Å². The van der Waals surface area contributed by atoms with Crippen LogP contribution in [0, 0.1) is 11.8 Å². The van der Waals surface area contributed by atoms with Gasteiger partial charge >= 0.3 is 0 Å². The number of benzene rings is 1. The molecule has 0 amide bonds. The average Bonchev–Trinajstić information content (AvgIpc) is 3.50. The van der Waals surface area contributed by atoms with Crippen molar-refractivity contribution in [3.05, 3.63) is 39.6 Å². The second-order valence-corrected chi connectivity index (χ2v) is 8.86. The fraction of sp³-hybridized carbons (Fsp3) is 0.640. The average molecular weight is 452 g/mol. The molecule has 3 nitrogen and oxygen atoms in total. The zero-order chi connectivity index (χ0) is 21.7. The zero-order valence-electron chi connectivity index (χ0n) is 18.7. The van der Waals surface area contributed by atoms with E-state index in [1.165, 1.54) is 32.1 Å². The molecular weight excluding hydrogens is 417 g/mol. The number of hydrogen-bond acceptors (Lipinski definition) is 3. The maximum Gasteiger partial charge on any atom is 0.145 e. The third kappa shape index (κ3) is 4.89. The lowest BCUT2D eigenvalue weighted by atomic mass is 9.86. The Bertz CT molecular complexity index is 779. The van der Waals surface area contributed by atoms with Crippen LogP contribution in [0.2, 0.25) is 10.0 Å². The predicted molar refractivity (Wildman–Crippen MR) is 125 cm³/mol. The first kappa shape index (κ1) is 23.6. The van der Waals surface area contributed by atoms with Gasteiger partial charge in [-0.1, -0.05) is 68.5 Å². The van der Waals surface area contributed by atoms with Crippen molar-refractivity contribution in [2.45, 2.75) is 91.3 Å². The first-order chi connectivity index (χ1) is 14.7. The quantitative estimate of drug-likeness (QED) is 0.455. The van der Waals surface area contributed by atoms with Crippen LogP contribution in [0.15, 0.2) is 22.7 Å². The Balaban J connectivity index is 0.000000606. The SMILES string of the molecule is CC.CC.Clc1cccc(Cl)c1-c1noc(C2CC2)c1COC1C2CCCC1CC2. The van der Waals surface area contributed by atoms with Gasteiger partial charge < -0.3 is 9.26 Å². The van der Waals surface area contributed by atoms with E-state index in [0.29, 0.717) is 28.7 Å². The molecule has 0 spiro atoms. The summed E-state index contributed by atoms with van der Waals surface area (Å²) in [6.07, 6.45) is 9.32. The largest absolute Gasteiger partial charge is 0.373 e. The van der Waals surface area contributed by atoms with Gasteiger partial charge in [-0.05, 0) is 62.5 Å². The van der Waals surface area contributed by atoms with Gasteiger partial charge in [-0.25, -0.2) is 0 Å². The Morgan fingerprint density at radius 2 is 1.53 bits per heavy atom. The van der Waals surface area contributed by atoms with Crippen LogP contribution in [0.25, 0.3) is 11.3 Å². The van der Waals surface area contributed by atoms with Gasteiger partial charge in [0, 0.05) is 17.0 Å². The molecule has 3 fully saturated rings. The Hall–Kier alpha value is -1.03. The molecule has 2 bridgehead atoms. The first-order valence-electron chi connectivity index (χ1n) is 11.8. The van der Waals surface area contributed by atoms with Crippen molar-refractivity contribution in [2.24, 2.45) is 11.8 Å². The zero-order valence-corrected chi connectivity index (χ0v) is 20.2. The molecule has 166 valence electrons. The van der Waals surface area contributed by atoms with Gasteiger partial charge in [0.2, 0.25) is 0 Å². The Morgan fingerprint density at radius 1 is 0.933 bits per heavy atom. The molecular formula is C25H35Cl2NO2. The van der Waals surface area contributed by atoms with E-state index in [0.717, 1.165) is 47.3 Å². The van der Waals surface area contributed by atoms with Crippen LogP contribution < -0.4 is 0 Å². The van der Waals surface area contributed by atoms with Crippen LogP contribution in [0.4, 0.5) is 0 Å². The lowest BCUT2D eigenvalue weighted by molar-refractivity contribution is -0.0293. The van der Waals surface area contributed by atoms with Gasteiger partial charge in [0.15, 0.2) is 0 Å². The maximum absolute atomic E-state index is 6.49. The molecule has 0 radical (unpaired) electrons. The minimum Gasteiger partial charge on any atom is -0.373 e. The van der Waals surface area contributed by atoms with Gasteiger partial charge in [-0.2, -0.15) is 0 Å². The highest BCUT2D eigenvalue weighted by Gasteiger charge is 2.40. The number of nitrogens with zero attached hydrogens (tertiary/aromatic N) is 1. The molecule has 2 aromatic rings. The number of aromatic nitrogens is 1. The lowest BCUT2D eigenvalue weighted by Gasteiger charge is -2.30. The molecule has 2 atom stereocenters. The summed E-state index contributed by atoms with van der Waals surface area (Å²) in [4.78, 5) is 0. The minimum atomic E-state index is 0.389. The number of rotatable bonds is 5. The summed E-state index contributed by atoms with van der Waals surface area (Å²) in [7, 11) is 0. The smallest absolute Gasteiger partial charge is 0.145 e. The van der Waals surface area contributed by atoms with E-state index in [-0.39, 0.29) is 0 Å². The van der Waals surface area contributed by atoms with Gasteiger partial charge in [0.05, 0.1) is 22.8 Å². The van der Waals surface area contributed by atoms with Crippen molar-refractivity contribution in [1.29, 1.82) is 0 Å². The van der Waals surface area contributed by atoms with E-state index in [9.17, 15) is 0 Å². The van der Waals surface area contributed by atoms with Crippen LogP contribution >= 0.6 is 23.2 Å². The van der Waals surface area contributed by atoms with E-state index in [4.69, 9.17) is 32.5 Å². The molecule has 0 aliphatic heterocycles. The molecule has 3 saturated carbocycles. The molecule has 1 heterocycles. The fourth-order valence-corrected chi connectivity index (χ4v) is 5.48. The standard InChI is InChI=1S/C21H23Cl2NO2.2C2H6/c22-16-5-2-6-17(23)18(16)19-15(21(26-24-19)14-9-10-14)11-25-20-12-3-1-4-13(20)8-7-12;2*1-2/h2,5-6,12-14,20H,1,3-4,7-11H2;2*1-2H3.